The summed E-state index contributed by atoms with van der Waals surface area (Å²) in [6.45, 7) is 10.1. The monoisotopic (exact) mass is 528 g/mol. The lowest BCUT2D eigenvalue weighted by molar-refractivity contribution is 0.122. The maximum Gasteiger partial charge on any atom is 0.219 e. The summed E-state index contributed by atoms with van der Waals surface area (Å²) in [7, 11) is 0. The van der Waals surface area contributed by atoms with Crippen LogP contribution in [0, 0.1) is 5.92 Å². The molecule has 2 saturated heterocycles. The number of fused-ring (bicyclic) bond motifs is 1. The predicted molar refractivity (Wildman–Crippen MR) is 147 cm³/mol. The zero-order valence-corrected chi connectivity index (χ0v) is 22.4. The molecule has 5 heterocycles. The van der Waals surface area contributed by atoms with Crippen LogP contribution in [0.4, 0.5) is 17.7 Å². The van der Waals surface area contributed by atoms with E-state index in [0.717, 1.165) is 88.3 Å². The first-order chi connectivity index (χ1) is 18.2. The Morgan fingerprint density at radius 3 is 2.62 bits per heavy atom. The van der Waals surface area contributed by atoms with E-state index < -0.39 is 0 Å². The summed E-state index contributed by atoms with van der Waals surface area (Å²) in [4.78, 5) is 25.6. The molecule has 2 aliphatic heterocycles. The molecule has 2 fully saturated rings. The predicted octanol–water partition coefficient (Wildman–Crippen LogP) is 2.14. The minimum atomic E-state index is 0.221. The summed E-state index contributed by atoms with van der Waals surface area (Å²) in [5.41, 5.74) is 8.04. The van der Waals surface area contributed by atoms with Crippen molar-refractivity contribution in [1.82, 2.24) is 33.8 Å². The molecule has 13 heteroatoms. The van der Waals surface area contributed by atoms with Crippen LogP contribution in [-0.4, -0.2) is 99.2 Å². The van der Waals surface area contributed by atoms with Gasteiger partial charge in [-0.15, -0.1) is 0 Å². The van der Waals surface area contributed by atoms with Crippen molar-refractivity contribution in [3.63, 3.8) is 0 Å². The Balaban J connectivity index is 1.56. The molecule has 2 aliphatic rings. The van der Waals surface area contributed by atoms with Gasteiger partial charge in [-0.3, -0.25) is 4.57 Å². The molecule has 1 atom stereocenters. The number of hydrogen-bond acceptors (Lipinski definition) is 12. The Kier molecular flexibility index (Phi) is 8.54. The van der Waals surface area contributed by atoms with Crippen molar-refractivity contribution in [2.75, 3.05) is 81.4 Å². The summed E-state index contributed by atoms with van der Waals surface area (Å²) in [6.07, 6.45) is 7.61. The van der Waals surface area contributed by atoms with Gasteiger partial charge in [0.25, 0.3) is 0 Å². The van der Waals surface area contributed by atoms with Crippen LogP contribution in [0.25, 0.3) is 22.6 Å². The first-order valence-corrected chi connectivity index (χ1v) is 14.1. The number of nitrogens with one attached hydrogen (secondary N) is 1. The van der Waals surface area contributed by atoms with Crippen LogP contribution in [0.15, 0.2) is 12.4 Å². The Labute approximate surface area is 221 Å². The average Bonchev–Trinajstić information content (AvgIpc) is 3.57. The SMILES string of the molecule is CCCN(CCNc1nc2c(N3CCOCC3)nc(-c3cnc(N)nc3)nc2n1CC1CCOC1)SC. The number of morpholine rings is 1. The summed E-state index contributed by atoms with van der Waals surface area (Å²) < 4.78 is 15.9. The number of rotatable bonds is 11. The maximum atomic E-state index is 5.73. The third kappa shape index (κ3) is 6.06. The van der Waals surface area contributed by atoms with Crippen LogP contribution in [0.1, 0.15) is 19.8 Å². The van der Waals surface area contributed by atoms with Crippen molar-refractivity contribution < 1.29 is 9.47 Å². The summed E-state index contributed by atoms with van der Waals surface area (Å²) in [5.74, 6) is 2.81. The molecule has 0 bridgehead atoms. The quantitative estimate of drug-likeness (QED) is 0.353. The highest BCUT2D eigenvalue weighted by molar-refractivity contribution is 7.96. The minimum absolute atomic E-state index is 0.221. The number of ether oxygens (including phenoxy) is 2. The molecule has 3 aromatic heterocycles. The smallest absolute Gasteiger partial charge is 0.219 e. The average molecular weight is 529 g/mol. The Bertz CT molecular complexity index is 1160. The molecular weight excluding hydrogens is 492 g/mol. The fourth-order valence-electron chi connectivity index (χ4n) is 4.69. The number of anilines is 3. The lowest BCUT2D eigenvalue weighted by atomic mass is 10.1. The first kappa shape index (κ1) is 25.9. The molecule has 0 amide bonds. The fraction of sp³-hybridized carbons (Fsp3) is 0.625. The summed E-state index contributed by atoms with van der Waals surface area (Å²) in [5, 5.41) is 3.60. The van der Waals surface area contributed by atoms with Gasteiger partial charge < -0.3 is 25.4 Å². The molecule has 200 valence electrons. The van der Waals surface area contributed by atoms with Crippen LogP contribution < -0.4 is 16.0 Å². The molecule has 12 nitrogen and oxygen atoms in total. The molecule has 0 radical (unpaired) electrons. The third-order valence-corrected chi connectivity index (χ3v) is 7.54. The highest BCUT2D eigenvalue weighted by Crippen LogP contribution is 2.31. The van der Waals surface area contributed by atoms with Gasteiger partial charge in [0, 0.05) is 64.2 Å². The normalized spacial score (nSPS) is 18.2. The van der Waals surface area contributed by atoms with E-state index >= 15 is 0 Å². The van der Waals surface area contributed by atoms with E-state index in [1.54, 1.807) is 24.3 Å². The first-order valence-electron chi connectivity index (χ1n) is 13.0. The molecule has 3 aromatic rings. The van der Waals surface area contributed by atoms with E-state index in [2.05, 4.69) is 42.2 Å². The van der Waals surface area contributed by atoms with Crippen LogP contribution in [0.5, 0.6) is 0 Å². The number of nitrogens with two attached hydrogens (primary N) is 1. The zero-order valence-electron chi connectivity index (χ0n) is 21.6. The van der Waals surface area contributed by atoms with Gasteiger partial charge in [0.2, 0.25) is 11.9 Å². The van der Waals surface area contributed by atoms with Crippen LogP contribution in [0.3, 0.4) is 0 Å². The van der Waals surface area contributed by atoms with Crippen molar-refractivity contribution in [1.29, 1.82) is 0 Å². The number of nitrogen functional groups attached to an aromatic ring is 1. The van der Waals surface area contributed by atoms with Crippen molar-refractivity contribution in [2.24, 2.45) is 5.92 Å². The van der Waals surface area contributed by atoms with E-state index in [4.69, 9.17) is 30.2 Å². The Morgan fingerprint density at radius 1 is 1.11 bits per heavy atom. The second-order valence-corrected chi connectivity index (χ2v) is 10.2. The van der Waals surface area contributed by atoms with Crippen LogP contribution in [0.2, 0.25) is 0 Å². The van der Waals surface area contributed by atoms with Crippen molar-refractivity contribution in [3.8, 4) is 11.4 Å². The molecule has 0 saturated carbocycles. The van der Waals surface area contributed by atoms with Gasteiger partial charge in [0.05, 0.1) is 25.4 Å². The van der Waals surface area contributed by atoms with Crippen molar-refractivity contribution >= 4 is 40.8 Å². The van der Waals surface area contributed by atoms with Gasteiger partial charge in [-0.25, -0.2) is 29.2 Å². The van der Waals surface area contributed by atoms with E-state index in [1.165, 1.54) is 0 Å². The maximum absolute atomic E-state index is 5.73. The summed E-state index contributed by atoms with van der Waals surface area (Å²) >= 11 is 1.77. The molecule has 5 rings (SSSR count). The van der Waals surface area contributed by atoms with E-state index in [1.807, 2.05) is 0 Å². The topological polar surface area (TPSA) is 132 Å². The molecule has 1 unspecified atom stereocenters. The van der Waals surface area contributed by atoms with Crippen LogP contribution >= 0.6 is 11.9 Å². The summed E-state index contributed by atoms with van der Waals surface area (Å²) in [6, 6.07) is 0. The molecule has 0 aliphatic carbocycles. The lowest BCUT2D eigenvalue weighted by Gasteiger charge is -2.28. The van der Waals surface area contributed by atoms with Gasteiger partial charge in [0.15, 0.2) is 22.8 Å². The van der Waals surface area contributed by atoms with Gasteiger partial charge >= 0.3 is 0 Å². The van der Waals surface area contributed by atoms with Crippen molar-refractivity contribution in [3.05, 3.63) is 12.4 Å². The minimum Gasteiger partial charge on any atom is -0.381 e. The lowest BCUT2D eigenvalue weighted by Crippen LogP contribution is -2.37. The highest BCUT2D eigenvalue weighted by Gasteiger charge is 2.26. The highest BCUT2D eigenvalue weighted by atomic mass is 32.2. The van der Waals surface area contributed by atoms with Crippen LogP contribution in [-0.2, 0) is 16.0 Å². The number of hydrogen-bond donors (Lipinski definition) is 2. The molecule has 3 N–H and O–H groups in total. The fourth-order valence-corrected chi connectivity index (χ4v) is 5.33. The van der Waals surface area contributed by atoms with E-state index in [0.29, 0.717) is 30.5 Å². The second-order valence-electron chi connectivity index (χ2n) is 9.29. The van der Waals surface area contributed by atoms with Gasteiger partial charge in [0.1, 0.15) is 0 Å². The molecular formula is C24H36N10O2S. The second kappa shape index (κ2) is 12.2. The van der Waals surface area contributed by atoms with E-state index in [-0.39, 0.29) is 5.95 Å². The van der Waals surface area contributed by atoms with E-state index in [9.17, 15) is 0 Å². The number of aromatic nitrogens is 6. The van der Waals surface area contributed by atoms with Gasteiger partial charge in [-0.05, 0) is 19.1 Å². The van der Waals surface area contributed by atoms with Gasteiger partial charge in [-0.1, -0.05) is 18.9 Å². The Hall–Kier alpha value is -2.74. The molecule has 0 spiro atoms. The molecule has 37 heavy (non-hydrogen) atoms. The molecule has 0 aromatic carbocycles. The van der Waals surface area contributed by atoms with Gasteiger partial charge in [-0.2, -0.15) is 0 Å². The Morgan fingerprint density at radius 2 is 1.92 bits per heavy atom. The number of nitrogens with zero attached hydrogens (tertiary/aromatic N) is 8. The van der Waals surface area contributed by atoms with Crippen molar-refractivity contribution in [2.45, 2.75) is 26.3 Å². The zero-order chi connectivity index (χ0) is 25.6. The number of imidazole rings is 1. The largest absolute Gasteiger partial charge is 0.381 e. The standard InChI is InChI=1S/C24H36N10O2S/c1-3-6-33(37-2)7-5-26-24-29-19-21(32-8-11-35-12-9-32)30-20(18-13-27-23(25)28-14-18)31-22(19)34(24)15-17-4-10-36-16-17/h13-14,17H,3-12,15-16H2,1-2H3,(H,26,29)(H2,25,27,28). The third-order valence-electron chi connectivity index (χ3n) is 6.66.